The minimum Gasteiger partial charge on any atom is -0.500 e. The molecule has 1 saturated carbocycles. The monoisotopic (exact) mass is 651 g/mol. The summed E-state index contributed by atoms with van der Waals surface area (Å²) in [5, 5.41) is 0. The van der Waals surface area contributed by atoms with Crippen LogP contribution in [0.5, 0.6) is 0 Å². The average Bonchev–Trinajstić information content (AvgIpc) is 3.74. The summed E-state index contributed by atoms with van der Waals surface area (Å²) in [5.74, 6) is -3.05. The Morgan fingerprint density at radius 1 is 1.15 bits per heavy atom. The number of likely N-dealkylation sites (tertiary alicyclic amines) is 1. The zero-order valence-electron chi connectivity index (χ0n) is 26.5. The molecule has 0 bridgehead atoms. The number of pyridine rings is 1. The van der Waals surface area contributed by atoms with E-state index in [1.54, 1.807) is 31.6 Å². The van der Waals surface area contributed by atoms with E-state index in [2.05, 4.69) is 22.6 Å². The zero-order chi connectivity index (χ0) is 34.0. The summed E-state index contributed by atoms with van der Waals surface area (Å²) in [5.41, 5.74) is 2.04. The lowest BCUT2D eigenvalue weighted by molar-refractivity contribution is -0.184. The van der Waals surface area contributed by atoms with E-state index < -0.39 is 23.3 Å². The Labute approximate surface area is 268 Å². The van der Waals surface area contributed by atoms with Gasteiger partial charge in [0.25, 0.3) is 5.92 Å². The van der Waals surface area contributed by atoms with Crippen LogP contribution < -0.4 is 0 Å². The van der Waals surface area contributed by atoms with E-state index in [-0.39, 0.29) is 45.2 Å². The molecule has 252 valence electrons. The van der Waals surface area contributed by atoms with E-state index in [9.17, 15) is 31.1 Å². The van der Waals surface area contributed by atoms with E-state index in [1.165, 1.54) is 32.3 Å². The molecular weight excluding hydrogens is 608 g/mol. The second kappa shape index (κ2) is 16.2. The number of alkyl halides is 5. The Balaban J connectivity index is 0.000000461. The molecule has 2 heterocycles. The molecular formula is C35H43F6N3O2. The molecule has 0 N–H and O–H groups in total. The van der Waals surface area contributed by atoms with E-state index in [0.29, 0.717) is 30.6 Å². The number of aromatic nitrogens is 1. The smallest absolute Gasteiger partial charge is 0.401 e. The number of Topliss-reactive ketones (excluding diaryl/α,β-unsaturated/α-hetero) is 1. The fourth-order valence-electron chi connectivity index (χ4n) is 5.31. The van der Waals surface area contributed by atoms with Crippen molar-refractivity contribution in [1.82, 2.24) is 9.88 Å². The van der Waals surface area contributed by atoms with Gasteiger partial charge in [-0.3, -0.25) is 19.7 Å². The Hall–Kier alpha value is -3.73. The lowest BCUT2D eigenvalue weighted by Crippen LogP contribution is -2.27. The Morgan fingerprint density at radius 2 is 1.87 bits per heavy atom. The molecule has 0 amide bonds. The second-order valence-corrected chi connectivity index (χ2v) is 11.6. The summed E-state index contributed by atoms with van der Waals surface area (Å²) < 4.78 is 83.1. The summed E-state index contributed by atoms with van der Waals surface area (Å²) in [6.45, 7) is 5.77. The van der Waals surface area contributed by atoms with Gasteiger partial charge in [0.1, 0.15) is 22.8 Å². The van der Waals surface area contributed by atoms with Crippen LogP contribution in [0.2, 0.25) is 0 Å². The maximum absolute atomic E-state index is 14.3. The lowest BCUT2D eigenvalue weighted by atomic mass is 10.0. The Morgan fingerprint density at radius 3 is 2.37 bits per heavy atom. The summed E-state index contributed by atoms with van der Waals surface area (Å²) in [6, 6.07) is 8.67. The fraction of sp³-hybridized carbons (Fsp3) is 0.457. The molecule has 1 aromatic heterocycles. The second-order valence-electron chi connectivity index (χ2n) is 11.6. The number of ether oxygens (including phenoxy) is 1. The largest absolute Gasteiger partial charge is 0.500 e. The molecule has 4 rings (SSSR count). The van der Waals surface area contributed by atoms with Crippen LogP contribution >= 0.6 is 0 Å². The van der Waals surface area contributed by atoms with Gasteiger partial charge in [-0.05, 0) is 74.1 Å². The van der Waals surface area contributed by atoms with E-state index in [1.807, 2.05) is 17.0 Å². The summed E-state index contributed by atoms with van der Waals surface area (Å²) in [7, 11) is 2.96. The predicted octanol–water partition coefficient (Wildman–Crippen LogP) is 8.60. The highest BCUT2D eigenvalue weighted by Crippen LogP contribution is 2.62. The number of methoxy groups -OCH3 is 1. The minimum atomic E-state index is -4.21. The summed E-state index contributed by atoms with van der Waals surface area (Å²) >= 11 is 0. The maximum atomic E-state index is 14.3. The van der Waals surface area contributed by atoms with Gasteiger partial charge in [0, 0.05) is 58.0 Å². The molecule has 0 spiro atoms. The molecule has 11 heteroatoms. The number of hydrogen-bond acceptors (Lipinski definition) is 5. The number of aliphatic imine (C=N–C) groups is 1. The van der Waals surface area contributed by atoms with Crippen molar-refractivity contribution in [3.8, 4) is 11.1 Å². The van der Waals surface area contributed by atoms with Crippen LogP contribution in [-0.4, -0.2) is 67.8 Å². The van der Waals surface area contributed by atoms with E-state index >= 15 is 0 Å². The number of benzene rings is 1. The van der Waals surface area contributed by atoms with Crippen molar-refractivity contribution in [3.05, 3.63) is 89.7 Å². The highest BCUT2D eigenvalue weighted by molar-refractivity contribution is 5.79. The van der Waals surface area contributed by atoms with Gasteiger partial charge in [-0.25, -0.2) is 13.2 Å². The molecule has 1 saturated heterocycles. The van der Waals surface area contributed by atoms with Crippen LogP contribution in [0.25, 0.3) is 11.1 Å². The van der Waals surface area contributed by atoms with Crippen LogP contribution in [0.3, 0.4) is 0 Å². The number of unbranched alkanes of at least 4 members (excludes halogenated alkanes) is 1. The molecule has 2 fully saturated rings. The number of hydrogen-bond donors (Lipinski definition) is 0. The van der Waals surface area contributed by atoms with Crippen molar-refractivity contribution >= 4 is 12.0 Å². The van der Waals surface area contributed by atoms with Crippen molar-refractivity contribution in [2.75, 3.05) is 33.8 Å². The molecule has 0 atom stereocenters. The normalized spacial score (nSPS) is 17.8. The lowest BCUT2D eigenvalue weighted by Gasteiger charge is -2.20. The van der Waals surface area contributed by atoms with Gasteiger partial charge < -0.3 is 4.74 Å². The van der Waals surface area contributed by atoms with Crippen molar-refractivity contribution in [2.45, 2.75) is 64.0 Å². The molecule has 0 unspecified atom stereocenters. The first-order chi connectivity index (χ1) is 21.7. The van der Waals surface area contributed by atoms with E-state index in [4.69, 9.17) is 4.74 Å². The number of carbonyl (C=O) groups excluding carboxylic acids is 1. The van der Waals surface area contributed by atoms with Crippen LogP contribution in [0.4, 0.5) is 26.3 Å². The predicted molar refractivity (Wildman–Crippen MR) is 171 cm³/mol. The number of allylic oxidation sites excluding steroid dienone is 5. The third-order valence-electron chi connectivity index (χ3n) is 7.92. The molecule has 46 heavy (non-hydrogen) atoms. The van der Waals surface area contributed by atoms with Gasteiger partial charge in [-0.2, -0.15) is 13.2 Å². The zero-order valence-corrected chi connectivity index (χ0v) is 26.5. The topological polar surface area (TPSA) is 54.8 Å². The summed E-state index contributed by atoms with van der Waals surface area (Å²) in [4.78, 5) is 21.7. The van der Waals surface area contributed by atoms with Crippen LogP contribution in [0.15, 0.2) is 77.7 Å². The Bertz CT molecular complexity index is 1430. The highest BCUT2D eigenvalue weighted by atomic mass is 19.4. The third-order valence-corrected chi connectivity index (χ3v) is 7.92. The van der Waals surface area contributed by atoms with Crippen molar-refractivity contribution in [3.63, 3.8) is 0 Å². The van der Waals surface area contributed by atoms with Gasteiger partial charge >= 0.3 is 6.18 Å². The van der Waals surface area contributed by atoms with Gasteiger partial charge in [0.05, 0.1) is 13.7 Å². The first-order valence-electron chi connectivity index (χ1n) is 15.1. The van der Waals surface area contributed by atoms with Crippen molar-refractivity contribution < 1.29 is 37.3 Å². The molecule has 2 aromatic rings. The number of nitrogens with zero attached hydrogens (tertiary/aromatic N) is 3. The number of carbonyl (C=O) groups is 1. The molecule has 1 aromatic carbocycles. The minimum absolute atomic E-state index is 0. The van der Waals surface area contributed by atoms with Crippen LogP contribution in [-0.2, 0) is 22.4 Å². The standard InChI is InChI=1S/C26H30F3N3O.C9H11F3O.H2/c1-19(33)13-22-7-6-21(15-25(22)27)23-8-9-24(31-17-23)14-20(16-30-2)5-3-4-11-32-12-10-26(28,29)18-32;1-3-4-7(13-2)8(5-6-8)9(10,11)12;/h5-9,15-17H,3-4,10-14,18H2,1-2H3;3-4H,1,5-6H2,2H3;1H/b20-5-,30-16?;7-4-;. The first kappa shape index (κ1) is 36.7. The molecule has 1 aliphatic carbocycles. The molecule has 1 aliphatic heterocycles. The average molecular weight is 652 g/mol. The summed E-state index contributed by atoms with van der Waals surface area (Å²) in [6.07, 6.45) is 6.44. The fourth-order valence-corrected chi connectivity index (χ4v) is 5.31. The number of rotatable bonds is 13. The quantitative estimate of drug-likeness (QED) is 0.0716. The third kappa shape index (κ3) is 10.4. The van der Waals surface area contributed by atoms with Crippen LogP contribution in [0.1, 0.15) is 51.7 Å². The maximum Gasteiger partial charge on any atom is 0.401 e. The van der Waals surface area contributed by atoms with E-state index in [0.717, 1.165) is 29.7 Å². The van der Waals surface area contributed by atoms with Gasteiger partial charge in [-0.1, -0.05) is 36.9 Å². The Kier molecular flexibility index (Phi) is 12.9. The number of halogens is 6. The highest BCUT2D eigenvalue weighted by Gasteiger charge is 2.66. The van der Waals surface area contributed by atoms with Gasteiger partial charge in [0.15, 0.2) is 0 Å². The van der Waals surface area contributed by atoms with Crippen molar-refractivity contribution in [2.24, 2.45) is 10.4 Å². The van der Waals surface area contributed by atoms with Gasteiger partial charge in [-0.15, -0.1) is 0 Å². The van der Waals surface area contributed by atoms with Crippen LogP contribution in [0, 0.1) is 11.2 Å². The molecule has 2 aliphatic rings. The SMILES string of the molecule is C=C/C=C(\OC)C1(C(F)(F)F)CC1.CN=C/C(=C\CCCN1CCC(F)(F)C1)Cc1ccc(-c2ccc(CC(C)=O)c(F)c2)cn1.[HH]. The number of ketones is 1. The van der Waals surface area contributed by atoms with Gasteiger partial charge in [0.2, 0.25) is 0 Å². The first-order valence-corrected chi connectivity index (χ1v) is 15.1. The molecule has 0 radical (unpaired) electrons. The van der Waals surface area contributed by atoms with Crippen molar-refractivity contribution in [1.29, 1.82) is 0 Å². The molecule has 5 nitrogen and oxygen atoms in total.